The largest absolute Gasteiger partial charge is 0.508 e. The van der Waals surface area contributed by atoms with Crippen molar-refractivity contribution in [2.24, 2.45) is 0 Å². The smallest absolute Gasteiger partial charge is 0.123 e. The van der Waals surface area contributed by atoms with Gasteiger partial charge in [0.1, 0.15) is 11.5 Å². The van der Waals surface area contributed by atoms with Crippen molar-refractivity contribution in [3.8, 4) is 11.5 Å². The van der Waals surface area contributed by atoms with Crippen molar-refractivity contribution in [1.82, 2.24) is 0 Å². The molecule has 2 nitrogen and oxygen atoms in total. The molecule has 1 aromatic carbocycles. The molecular weight excluding hydrogens is 284 g/mol. The molecule has 0 aliphatic heterocycles. The first-order chi connectivity index (χ1) is 10.9. The molecule has 0 aliphatic carbocycles. The Balaban J connectivity index is 2.64. The number of phenolic OH excluding ortho intramolecular Hbond substituents is 2. The van der Waals surface area contributed by atoms with Crippen LogP contribution in [0.5, 0.6) is 11.5 Å². The van der Waals surface area contributed by atoms with E-state index in [9.17, 15) is 10.2 Å². The number of benzene rings is 1. The fraction of sp³-hybridized carbons (Fsp3) is 0.524. The van der Waals surface area contributed by atoms with Gasteiger partial charge in [0, 0.05) is 5.56 Å². The van der Waals surface area contributed by atoms with Gasteiger partial charge in [0.15, 0.2) is 0 Å². The van der Waals surface area contributed by atoms with Gasteiger partial charge in [0.05, 0.1) is 0 Å². The van der Waals surface area contributed by atoms with Crippen LogP contribution in [0.25, 0.3) is 0 Å². The van der Waals surface area contributed by atoms with Crippen molar-refractivity contribution in [2.75, 3.05) is 0 Å². The van der Waals surface area contributed by atoms with E-state index >= 15 is 0 Å². The van der Waals surface area contributed by atoms with Crippen molar-refractivity contribution in [1.29, 1.82) is 0 Å². The summed E-state index contributed by atoms with van der Waals surface area (Å²) in [7, 11) is 0. The molecule has 0 saturated carbocycles. The van der Waals surface area contributed by atoms with E-state index in [1.54, 1.807) is 12.1 Å². The number of phenols is 2. The Morgan fingerprint density at radius 1 is 1.04 bits per heavy atom. The monoisotopic (exact) mass is 316 g/mol. The van der Waals surface area contributed by atoms with Gasteiger partial charge in [0.2, 0.25) is 0 Å². The molecule has 0 bridgehead atoms. The number of hydrogen-bond donors (Lipinski definition) is 2. The van der Waals surface area contributed by atoms with Crippen molar-refractivity contribution in [2.45, 2.75) is 72.1 Å². The minimum Gasteiger partial charge on any atom is -0.508 e. The third-order valence-electron chi connectivity index (χ3n) is 4.16. The predicted octanol–water partition coefficient (Wildman–Crippen LogP) is 6.07. The highest BCUT2D eigenvalue weighted by Crippen LogP contribution is 2.30. The fourth-order valence-corrected chi connectivity index (χ4v) is 2.68. The minimum absolute atomic E-state index is 0.211. The molecule has 0 spiro atoms. The van der Waals surface area contributed by atoms with Gasteiger partial charge in [-0.2, -0.15) is 0 Å². The van der Waals surface area contributed by atoms with Crippen molar-refractivity contribution in [3.05, 3.63) is 47.1 Å². The lowest BCUT2D eigenvalue weighted by Crippen LogP contribution is -1.91. The number of aryl methyl sites for hydroxylation is 1. The molecule has 0 saturated heterocycles. The second-order valence-corrected chi connectivity index (χ2v) is 6.63. The number of unbranched alkanes of at least 4 members (excludes halogenated alkanes) is 2. The average molecular weight is 316 g/mol. The molecule has 128 valence electrons. The fourth-order valence-electron chi connectivity index (χ4n) is 2.68. The lowest BCUT2D eigenvalue weighted by molar-refractivity contribution is 0.439. The van der Waals surface area contributed by atoms with Gasteiger partial charge >= 0.3 is 0 Å². The lowest BCUT2D eigenvalue weighted by Gasteiger charge is -2.09. The number of allylic oxidation sites excluding steroid dienone is 3. The normalized spacial score (nSPS) is 11.7. The lowest BCUT2D eigenvalue weighted by atomic mass is 10.00. The molecule has 0 unspecified atom stereocenters. The van der Waals surface area contributed by atoms with E-state index in [2.05, 4.69) is 33.4 Å². The predicted molar refractivity (Wildman–Crippen MR) is 99.1 cm³/mol. The van der Waals surface area contributed by atoms with Crippen LogP contribution in [0, 0.1) is 0 Å². The van der Waals surface area contributed by atoms with Gasteiger partial charge in [-0.05, 0) is 70.1 Å². The van der Waals surface area contributed by atoms with Crippen LogP contribution in [0.2, 0.25) is 0 Å². The zero-order valence-corrected chi connectivity index (χ0v) is 15.0. The molecule has 0 atom stereocenters. The molecule has 0 aromatic heterocycles. The molecule has 2 N–H and O–H groups in total. The van der Waals surface area contributed by atoms with E-state index in [0.717, 1.165) is 37.7 Å². The first-order valence-corrected chi connectivity index (χ1v) is 8.77. The number of aromatic hydroxyl groups is 2. The van der Waals surface area contributed by atoms with Crippen molar-refractivity contribution in [3.63, 3.8) is 0 Å². The van der Waals surface area contributed by atoms with Gasteiger partial charge in [-0.1, -0.05) is 37.0 Å². The van der Waals surface area contributed by atoms with Crippen LogP contribution in [-0.2, 0) is 12.8 Å². The Labute approximate surface area is 141 Å². The second-order valence-electron chi connectivity index (χ2n) is 6.63. The maximum Gasteiger partial charge on any atom is 0.123 e. The Morgan fingerprint density at radius 2 is 1.70 bits per heavy atom. The van der Waals surface area contributed by atoms with E-state index in [0.29, 0.717) is 12.0 Å². The van der Waals surface area contributed by atoms with Crippen LogP contribution in [-0.4, -0.2) is 10.2 Å². The van der Waals surface area contributed by atoms with Crippen LogP contribution in [0.1, 0.15) is 70.4 Å². The van der Waals surface area contributed by atoms with E-state index in [1.807, 2.05) is 0 Å². The molecule has 2 heteroatoms. The summed E-state index contributed by atoms with van der Waals surface area (Å²) in [6, 6.07) is 3.60. The topological polar surface area (TPSA) is 40.5 Å². The van der Waals surface area contributed by atoms with Gasteiger partial charge < -0.3 is 10.2 Å². The molecule has 0 heterocycles. The molecule has 0 amide bonds. The number of rotatable bonds is 10. The molecule has 0 aliphatic rings. The molecule has 0 radical (unpaired) electrons. The number of hydrogen-bond acceptors (Lipinski definition) is 2. The molecule has 0 fully saturated rings. The summed E-state index contributed by atoms with van der Waals surface area (Å²) in [4.78, 5) is 0. The van der Waals surface area contributed by atoms with Gasteiger partial charge in [-0.15, -0.1) is 6.58 Å². The van der Waals surface area contributed by atoms with E-state index in [1.165, 1.54) is 24.0 Å². The Hall–Kier alpha value is -1.70. The highest BCUT2D eigenvalue weighted by molar-refractivity contribution is 5.47. The first kappa shape index (κ1) is 19.3. The summed E-state index contributed by atoms with van der Waals surface area (Å²) in [5, 5.41) is 20.4. The summed E-state index contributed by atoms with van der Waals surface area (Å²) in [5.41, 5.74) is 4.15. The summed E-state index contributed by atoms with van der Waals surface area (Å²) in [5.74, 6) is 0.421. The SMILES string of the molecule is C=C(C)CCC/C(C)=C\Cc1c(O)cc(CCCCC)cc1O. The van der Waals surface area contributed by atoms with Gasteiger partial charge in [0.25, 0.3) is 0 Å². The zero-order chi connectivity index (χ0) is 17.2. The Morgan fingerprint density at radius 3 is 2.26 bits per heavy atom. The van der Waals surface area contributed by atoms with Crippen LogP contribution in [0.3, 0.4) is 0 Å². The molecule has 1 rings (SSSR count). The standard InChI is InChI=1S/C21H32O2/c1-5-6-7-11-18-14-20(22)19(21(23)15-18)13-12-17(4)10-8-9-16(2)3/h12,14-15,22-23H,2,5-11,13H2,1,3-4H3/b17-12-. The van der Waals surface area contributed by atoms with E-state index < -0.39 is 0 Å². The van der Waals surface area contributed by atoms with Crippen molar-refractivity contribution < 1.29 is 10.2 Å². The van der Waals surface area contributed by atoms with Crippen molar-refractivity contribution >= 4 is 0 Å². The third kappa shape index (κ3) is 7.40. The summed E-state index contributed by atoms with van der Waals surface area (Å²) in [6.45, 7) is 10.2. The van der Waals surface area contributed by atoms with E-state index in [-0.39, 0.29) is 11.5 Å². The average Bonchev–Trinajstić information content (AvgIpc) is 2.46. The Kier molecular flexibility index (Phi) is 8.53. The summed E-state index contributed by atoms with van der Waals surface area (Å²) in [6.07, 6.45) is 10.2. The highest BCUT2D eigenvalue weighted by Gasteiger charge is 2.09. The maximum absolute atomic E-state index is 10.2. The molecule has 23 heavy (non-hydrogen) atoms. The Bertz CT molecular complexity index is 518. The van der Waals surface area contributed by atoms with Gasteiger partial charge in [-0.25, -0.2) is 0 Å². The van der Waals surface area contributed by atoms with Crippen LogP contribution in [0.4, 0.5) is 0 Å². The van der Waals surface area contributed by atoms with Crippen LogP contribution >= 0.6 is 0 Å². The molecule has 1 aromatic rings. The van der Waals surface area contributed by atoms with Gasteiger partial charge in [-0.3, -0.25) is 0 Å². The van der Waals surface area contributed by atoms with E-state index in [4.69, 9.17) is 0 Å². The first-order valence-electron chi connectivity index (χ1n) is 8.77. The molecular formula is C21H32O2. The van der Waals surface area contributed by atoms with Crippen LogP contribution < -0.4 is 0 Å². The quantitative estimate of drug-likeness (QED) is 0.406. The maximum atomic E-state index is 10.2. The van der Waals surface area contributed by atoms with Crippen LogP contribution in [0.15, 0.2) is 35.9 Å². The third-order valence-corrected chi connectivity index (χ3v) is 4.16. The summed E-state index contributed by atoms with van der Waals surface area (Å²) < 4.78 is 0. The highest BCUT2D eigenvalue weighted by atomic mass is 16.3. The minimum atomic E-state index is 0.211. The summed E-state index contributed by atoms with van der Waals surface area (Å²) >= 11 is 0. The zero-order valence-electron chi connectivity index (χ0n) is 15.0. The second kappa shape index (κ2) is 10.1.